The maximum absolute atomic E-state index is 12.4. The highest BCUT2D eigenvalue weighted by Gasteiger charge is 2.12. The number of benzene rings is 1. The monoisotopic (exact) mass is 409 g/mol. The van der Waals surface area contributed by atoms with Gasteiger partial charge in [0.25, 0.3) is 5.91 Å². The molecule has 4 rings (SSSR count). The molecule has 0 saturated carbocycles. The number of hydrogen-bond acceptors (Lipinski definition) is 4. The van der Waals surface area contributed by atoms with Gasteiger partial charge in [0.2, 0.25) is 0 Å². The average molecular weight is 410 g/mol. The molecule has 150 valence electrons. The Balaban J connectivity index is 1.35. The number of carbonyl (C=O) groups excluding carboxylic acids is 1. The highest BCUT2D eigenvalue weighted by atomic mass is 35.5. The van der Waals surface area contributed by atoms with E-state index in [0.29, 0.717) is 17.3 Å². The Labute approximate surface area is 175 Å². The highest BCUT2D eigenvalue weighted by molar-refractivity contribution is 6.30. The van der Waals surface area contributed by atoms with Gasteiger partial charge in [0.15, 0.2) is 5.69 Å². The van der Waals surface area contributed by atoms with Crippen molar-refractivity contribution in [1.29, 1.82) is 0 Å². The van der Waals surface area contributed by atoms with Gasteiger partial charge in [-0.25, -0.2) is 9.67 Å². The van der Waals surface area contributed by atoms with E-state index in [9.17, 15) is 4.79 Å². The summed E-state index contributed by atoms with van der Waals surface area (Å²) in [5.41, 5.74) is 2.13. The van der Waals surface area contributed by atoms with Crippen LogP contribution < -0.4 is 10.2 Å². The van der Waals surface area contributed by atoms with Gasteiger partial charge in [-0.15, -0.1) is 0 Å². The van der Waals surface area contributed by atoms with Gasteiger partial charge in [-0.05, 0) is 48.7 Å². The first kappa shape index (κ1) is 19.5. The minimum absolute atomic E-state index is 0.220. The fourth-order valence-electron chi connectivity index (χ4n) is 3.49. The van der Waals surface area contributed by atoms with Crippen LogP contribution in [-0.4, -0.2) is 33.8 Å². The predicted molar refractivity (Wildman–Crippen MR) is 115 cm³/mol. The maximum atomic E-state index is 12.4. The van der Waals surface area contributed by atoms with Crippen molar-refractivity contribution >= 4 is 23.3 Å². The molecule has 29 heavy (non-hydrogen) atoms. The largest absolute Gasteiger partial charge is 0.357 e. The third-order valence-corrected chi connectivity index (χ3v) is 5.32. The summed E-state index contributed by atoms with van der Waals surface area (Å²) in [4.78, 5) is 19.4. The van der Waals surface area contributed by atoms with E-state index in [0.717, 1.165) is 30.2 Å². The molecule has 7 heteroatoms. The Morgan fingerprint density at radius 1 is 1.07 bits per heavy atom. The number of aromatic nitrogens is 3. The topological polar surface area (TPSA) is 63.1 Å². The maximum Gasteiger partial charge on any atom is 0.272 e. The van der Waals surface area contributed by atoms with Crippen molar-refractivity contribution in [2.45, 2.75) is 32.2 Å². The Kier molecular flexibility index (Phi) is 6.10. The number of nitrogens with one attached hydrogen (secondary N) is 1. The standard InChI is InChI=1S/C22H24ClN5O/c23-18-6-5-7-19(14-18)28-13-10-20(26-28)22(29)25-16-17-8-9-21(24-15-17)27-11-3-1-2-4-12-27/h5-10,13-15H,1-4,11-12,16H2,(H,25,29). The Hall–Kier alpha value is -2.86. The molecular formula is C22H24ClN5O. The molecule has 1 aromatic carbocycles. The molecule has 0 spiro atoms. The van der Waals surface area contributed by atoms with Gasteiger partial charge in [0, 0.05) is 37.1 Å². The van der Waals surface area contributed by atoms with E-state index in [4.69, 9.17) is 11.6 Å². The number of nitrogens with zero attached hydrogens (tertiary/aromatic N) is 4. The van der Waals surface area contributed by atoms with Crippen molar-refractivity contribution in [3.63, 3.8) is 0 Å². The van der Waals surface area contributed by atoms with Crippen molar-refractivity contribution in [2.24, 2.45) is 0 Å². The zero-order valence-corrected chi connectivity index (χ0v) is 17.0. The van der Waals surface area contributed by atoms with Crippen LogP contribution >= 0.6 is 11.6 Å². The number of hydrogen-bond donors (Lipinski definition) is 1. The van der Waals surface area contributed by atoms with Crippen molar-refractivity contribution in [3.05, 3.63) is 71.1 Å². The number of halogens is 1. The fraction of sp³-hybridized carbons (Fsp3) is 0.318. The Morgan fingerprint density at radius 2 is 1.90 bits per heavy atom. The van der Waals surface area contributed by atoms with Crippen LogP contribution in [0.3, 0.4) is 0 Å². The molecule has 0 atom stereocenters. The van der Waals surface area contributed by atoms with Crippen LogP contribution in [0.4, 0.5) is 5.82 Å². The van der Waals surface area contributed by atoms with E-state index in [1.807, 2.05) is 30.5 Å². The molecule has 6 nitrogen and oxygen atoms in total. The summed E-state index contributed by atoms with van der Waals surface area (Å²) in [6, 6.07) is 13.1. The lowest BCUT2D eigenvalue weighted by Gasteiger charge is -2.21. The van der Waals surface area contributed by atoms with Crippen LogP contribution in [0.25, 0.3) is 5.69 Å². The number of pyridine rings is 1. The lowest BCUT2D eigenvalue weighted by atomic mass is 10.2. The van der Waals surface area contributed by atoms with Gasteiger partial charge >= 0.3 is 0 Å². The van der Waals surface area contributed by atoms with Crippen molar-refractivity contribution in [1.82, 2.24) is 20.1 Å². The molecule has 1 fully saturated rings. The first-order valence-corrected chi connectivity index (χ1v) is 10.4. The zero-order valence-electron chi connectivity index (χ0n) is 16.2. The van der Waals surface area contributed by atoms with Crippen LogP contribution in [-0.2, 0) is 6.54 Å². The van der Waals surface area contributed by atoms with Gasteiger partial charge in [-0.2, -0.15) is 5.10 Å². The number of carbonyl (C=O) groups is 1. The summed E-state index contributed by atoms with van der Waals surface area (Å²) in [5, 5.41) is 7.87. The molecule has 3 heterocycles. The molecule has 1 saturated heterocycles. The zero-order chi connectivity index (χ0) is 20.1. The molecule has 1 aliphatic rings. The summed E-state index contributed by atoms with van der Waals surface area (Å²) in [5.74, 6) is 0.796. The predicted octanol–water partition coefficient (Wildman–Crippen LogP) is 4.23. The first-order valence-electron chi connectivity index (χ1n) is 9.99. The van der Waals surface area contributed by atoms with Crippen LogP contribution in [0, 0.1) is 0 Å². The van der Waals surface area contributed by atoms with E-state index in [-0.39, 0.29) is 5.91 Å². The molecule has 1 amide bonds. The molecule has 0 bridgehead atoms. The Morgan fingerprint density at radius 3 is 2.62 bits per heavy atom. The molecule has 0 unspecified atom stereocenters. The van der Waals surface area contributed by atoms with E-state index in [2.05, 4.69) is 20.3 Å². The fourth-order valence-corrected chi connectivity index (χ4v) is 3.67. The van der Waals surface area contributed by atoms with Crippen LogP contribution in [0.2, 0.25) is 5.02 Å². The van der Waals surface area contributed by atoms with Crippen molar-refractivity contribution < 1.29 is 4.79 Å². The SMILES string of the molecule is O=C(NCc1ccc(N2CCCCCC2)nc1)c1ccn(-c2cccc(Cl)c2)n1. The second-order valence-electron chi connectivity index (χ2n) is 7.23. The Bertz CT molecular complexity index is 961. The third-order valence-electron chi connectivity index (χ3n) is 5.09. The second-order valence-corrected chi connectivity index (χ2v) is 7.67. The van der Waals surface area contributed by atoms with Gasteiger partial charge in [-0.1, -0.05) is 36.6 Å². The van der Waals surface area contributed by atoms with E-state index in [1.165, 1.54) is 25.7 Å². The molecule has 1 N–H and O–H groups in total. The van der Waals surface area contributed by atoms with Crippen LogP contribution in [0.5, 0.6) is 0 Å². The lowest BCUT2D eigenvalue weighted by Crippen LogP contribution is -2.25. The summed E-state index contributed by atoms with van der Waals surface area (Å²) < 4.78 is 1.64. The van der Waals surface area contributed by atoms with Gasteiger partial charge in [0.1, 0.15) is 5.82 Å². The van der Waals surface area contributed by atoms with Crippen molar-refractivity contribution in [2.75, 3.05) is 18.0 Å². The van der Waals surface area contributed by atoms with Crippen LogP contribution in [0.15, 0.2) is 54.9 Å². The minimum atomic E-state index is -0.220. The number of amides is 1. The summed E-state index contributed by atoms with van der Waals surface area (Å²) >= 11 is 6.02. The summed E-state index contributed by atoms with van der Waals surface area (Å²) in [6.45, 7) is 2.55. The summed E-state index contributed by atoms with van der Waals surface area (Å²) in [7, 11) is 0. The minimum Gasteiger partial charge on any atom is -0.357 e. The average Bonchev–Trinajstić information content (AvgIpc) is 3.08. The molecular weight excluding hydrogens is 386 g/mol. The first-order chi connectivity index (χ1) is 14.2. The molecule has 0 aliphatic carbocycles. The molecule has 3 aromatic rings. The molecule has 2 aromatic heterocycles. The van der Waals surface area contributed by atoms with Gasteiger partial charge in [0.05, 0.1) is 5.69 Å². The number of anilines is 1. The van der Waals surface area contributed by atoms with Gasteiger partial charge in [-0.3, -0.25) is 4.79 Å². The highest BCUT2D eigenvalue weighted by Crippen LogP contribution is 2.18. The number of rotatable bonds is 5. The van der Waals surface area contributed by atoms with Gasteiger partial charge < -0.3 is 10.2 Å². The van der Waals surface area contributed by atoms with Crippen molar-refractivity contribution in [3.8, 4) is 5.69 Å². The quantitative estimate of drug-likeness (QED) is 0.684. The summed E-state index contributed by atoms with van der Waals surface area (Å²) in [6.07, 6.45) is 8.63. The third kappa shape index (κ3) is 4.95. The lowest BCUT2D eigenvalue weighted by molar-refractivity contribution is 0.0945. The van der Waals surface area contributed by atoms with Crippen LogP contribution in [0.1, 0.15) is 41.7 Å². The van der Waals surface area contributed by atoms with E-state index < -0.39 is 0 Å². The van der Waals surface area contributed by atoms with E-state index in [1.54, 1.807) is 29.1 Å². The normalized spacial score (nSPS) is 14.4. The molecule has 0 radical (unpaired) electrons. The van der Waals surface area contributed by atoms with E-state index >= 15 is 0 Å². The smallest absolute Gasteiger partial charge is 0.272 e. The second kappa shape index (κ2) is 9.09. The molecule has 1 aliphatic heterocycles.